The summed E-state index contributed by atoms with van der Waals surface area (Å²) in [4.78, 5) is 112. The summed E-state index contributed by atoms with van der Waals surface area (Å²) in [5, 5.41) is 59.5. The maximum Gasteiger partial charge on any atom is 0.243 e. The highest BCUT2D eigenvalue weighted by Crippen LogP contribution is 2.16. The van der Waals surface area contributed by atoms with E-state index in [9.17, 15) is 48.6 Å². The van der Waals surface area contributed by atoms with Crippen molar-refractivity contribution < 1.29 is 48.6 Å². The number of aromatic hydroxyl groups is 2. The van der Waals surface area contributed by atoms with E-state index in [1.165, 1.54) is 36.4 Å². The van der Waals surface area contributed by atoms with Gasteiger partial charge in [0.05, 0.1) is 6.04 Å². The van der Waals surface area contributed by atoms with Crippen LogP contribution in [-0.2, 0) is 51.2 Å². The SMILES string of the molecule is N=C(N)NCCC[C@H](NC(=O)[C@H](CCCNC(=N)N)NC(=O)[C@H](Cc1ccc(O)cc1)NC(=O)[C@H](CCCCN)NC(=O)[C@H](Cc1ccc(O)cc1)NC(=O)[C@H](CCCCN)NC(=O)[C@@H](N)CCCCN)C(=O)N[C@@H](CCCCN)C(N)=O. The zero-order chi connectivity index (χ0) is 61.7. The van der Waals surface area contributed by atoms with Gasteiger partial charge in [-0.2, -0.15) is 0 Å². The topological polar surface area (TPSA) is 541 Å². The van der Waals surface area contributed by atoms with Crippen LogP contribution in [0.15, 0.2) is 48.5 Å². The summed E-state index contributed by atoms with van der Waals surface area (Å²) in [6, 6.07) is 1.46. The molecule has 0 spiro atoms. The van der Waals surface area contributed by atoms with Gasteiger partial charge in [0, 0.05) is 25.9 Å². The lowest BCUT2D eigenvalue weighted by Crippen LogP contribution is -2.60. The standard InChI is InChI=1S/C54H93N19O10/c55-25-5-1-11-37(59)46(77)68-39(13-3-7-27-57)49(80)72-43(31-33-17-21-35(74)22-18-33)51(82)70-40(14-4-8-28-58)50(81)73-44(32-34-19-23-36(75)24-20-34)52(83)71-42(16-10-30-66-54(63)64)48(79)69-41(15-9-29-65-53(61)62)47(78)67-38(45(60)76)12-2-6-26-56/h17-24,37-44,74-75H,1-16,25-32,55-59H2,(H2,60,76)(H,67,78)(H,68,77)(H,69,79)(H,70,82)(H,71,83)(H,72,80)(H,73,81)(H4,61,62,65)(H4,63,64,66)/t37-,38-,39-,40-,41-,42-,43-,44-/m0/s1. The van der Waals surface area contributed by atoms with Crippen molar-refractivity contribution in [2.24, 2.45) is 45.9 Å². The maximum atomic E-state index is 14.7. The molecule has 2 aromatic carbocycles. The molecule has 0 saturated heterocycles. The lowest BCUT2D eigenvalue weighted by atomic mass is 10.0. The third-order valence-electron chi connectivity index (χ3n) is 13.3. The Kier molecular flexibility index (Phi) is 34.6. The largest absolute Gasteiger partial charge is 0.508 e. The molecule has 29 nitrogen and oxygen atoms in total. The smallest absolute Gasteiger partial charge is 0.243 e. The van der Waals surface area contributed by atoms with Crippen molar-refractivity contribution in [3.63, 3.8) is 0 Å². The molecule has 2 rings (SSSR count). The van der Waals surface area contributed by atoms with Crippen molar-refractivity contribution in [3.05, 3.63) is 59.7 Å². The van der Waals surface area contributed by atoms with Crippen molar-refractivity contribution in [2.75, 3.05) is 39.3 Å². The molecule has 0 aromatic heterocycles. The number of guanidine groups is 2. The van der Waals surface area contributed by atoms with E-state index in [2.05, 4.69) is 47.9 Å². The maximum absolute atomic E-state index is 14.7. The van der Waals surface area contributed by atoms with Gasteiger partial charge < -0.3 is 104 Å². The number of rotatable bonds is 43. The van der Waals surface area contributed by atoms with E-state index in [0.717, 1.165) is 0 Å². The van der Waals surface area contributed by atoms with Crippen molar-refractivity contribution >= 4 is 59.2 Å². The van der Waals surface area contributed by atoms with Crippen LogP contribution in [0.1, 0.15) is 114 Å². The molecule has 0 radical (unpaired) electrons. The minimum absolute atomic E-state index is 0.00872. The number of nitrogens with one attached hydrogen (secondary N) is 11. The third kappa shape index (κ3) is 29.6. The van der Waals surface area contributed by atoms with Gasteiger partial charge in [0.2, 0.25) is 47.3 Å². The van der Waals surface area contributed by atoms with Gasteiger partial charge in [0.1, 0.15) is 53.8 Å². The summed E-state index contributed by atoms with van der Waals surface area (Å²) >= 11 is 0. The summed E-state index contributed by atoms with van der Waals surface area (Å²) in [6.45, 7) is 1.50. The van der Waals surface area contributed by atoms with Crippen LogP contribution in [0.25, 0.3) is 0 Å². The number of carbonyl (C=O) groups excluding carboxylic acids is 8. The first-order valence-electron chi connectivity index (χ1n) is 28.3. The van der Waals surface area contributed by atoms with Crippen LogP contribution in [0.5, 0.6) is 11.5 Å². The summed E-state index contributed by atoms with van der Waals surface area (Å²) in [5.41, 5.74) is 46.6. The Hall–Kier alpha value is -7.86. The van der Waals surface area contributed by atoms with Crippen LogP contribution in [0, 0.1) is 10.8 Å². The highest BCUT2D eigenvalue weighted by molar-refractivity contribution is 5.98. The number of benzene rings is 2. The van der Waals surface area contributed by atoms with Gasteiger partial charge in [-0.1, -0.05) is 30.7 Å². The van der Waals surface area contributed by atoms with E-state index in [0.29, 0.717) is 88.5 Å². The van der Waals surface area contributed by atoms with E-state index in [1.54, 1.807) is 12.1 Å². The molecule has 0 bridgehead atoms. The normalized spacial score (nSPS) is 13.9. The number of primary amides is 1. The molecule has 29 heteroatoms. The number of nitrogens with two attached hydrogens (primary N) is 8. The number of hydrogen-bond acceptors (Lipinski definition) is 17. The monoisotopic (exact) mass is 1170 g/mol. The number of amides is 8. The van der Waals surface area contributed by atoms with E-state index < -0.39 is 95.6 Å². The van der Waals surface area contributed by atoms with E-state index in [-0.39, 0.29) is 101 Å². The quantitative estimate of drug-likeness (QED) is 0.0172. The van der Waals surface area contributed by atoms with Gasteiger partial charge in [-0.3, -0.25) is 49.2 Å². The van der Waals surface area contributed by atoms with Gasteiger partial charge in [-0.15, -0.1) is 0 Å². The Morgan fingerprint density at radius 3 is 0.952 bits per heavy atom. The summed E-state index contributed by atoms with van der Waals surface area (Å²) in [5.74, 6) is -7.15. The number of unbranched alkanes of at least 4 members (excludes halogenated alkanes) is 4. The molecule has 0 unspecified atom stereocenters. The first-order chi connectivity index (χ1) is 39.6. The molecule has 2 aromatic rings. The van der Waals surface area contributed by atoms with Crippen LogP contribution in [0.4, 0.5) is 0 Å². The summed E-state index contributed by atoms with van der Waals surface area (Å²) in [6.07, 6.45) is 4.35. The Bertz CT molecular complexity index is 2350. The Labute approximate surface area is 485 Å². The van der Waals surface area contributed by atoms with Gasteiger partial charge in [0.15, 0.2) is 11.9 Å². The lowest BCUT2D eigenvalue weighted by Gasteiger charge is -2.28. The lowest BCUT2D eigenvalue weighted by molar-refractivity contribution is -0.136. The molecule has 8 atom stereocenters. The molecule has 0 saturated carbocycles. The fraction of sp³-hybridized carbons (Fsp3) is 0.593. The molecular formula is C54H93N19O10. The summed E-state index contributed by atoms with van der Waals surface area (Å²) < 4.78 is 0. The van der Waals surface area contributed by atoms with Gasteiger partial charge in [0.25, 0.3) is 0 Å². The second-order valence-corrected chi connectivity index (χ2v) is 20.3. The fourth-order valence-electron chi connectivity index (χ4n) is 8.60. The van der Waals surface area contributed by atoms with E-state index in [1.807, 2.05) is 0 Å². The van der Waals surface area contributed by atoms with Crippen LogP contribution in [-0.4, -0.2) is 157 Å². The van der Waals surface area contributed by atoms with Crippen LogP contribution < -0.4 is 93.7 Å². The van der Waals surface area contributed by atoms with Crippen LogP contribution >= 0.6 is 0 Å². The van der Waals surface area contributed by atoms with Crippen molar-refractivity contribution in [2.45, 2.75) is 164 Å². The predicted octanol–water partition coefficient (Wildman–Crippen LogP) is -3.87. The minimum Gasteiger partial charge on any atom is -0.508 e. The molecule has 0 aliphatic carbocycles. The second kappa shape index (κ2) is 40.4. The van der Waals surface area contributed by atoms with Gasteiger partial charge in [-0.05, 0) is 158 Å². The third-order valence-corrected chi connectivity index (χ3v) is 13.3. The number of phenolic OH excluding ortho intramolecular Hbond substituents is 2. The molecule has 83 heavy (non-hydrogen) atoms. The Morgan fingerprint density at radius 1 is 0.373 bits per heavy atom. The summed E-state index contributed by atoms with van der Waals surface area (Å²) in [7, 11) is 0. The number of phenols is 2. The first kappa shape index (κ1) is 71.2. The molecule has 0 aliphatic heterocycles. The zero-order valence-electron chi connectivity index (χ0n) is 47.5. The highest BCUT2D eigenvalue weighted by atomic mass is 16.3. The fourth-order valence-corrected chi connectivity index (χ4v) is 8.60. The number of hydrogen-bond donors (Lipinski definition) is 21. The minimum atomic E-state index is -1.49. The molecule has 464 valence electrons. The van der Waals surface area contributed by atoms with E-state index in [4.69, 9.17) is 56.7 Å². The molecular weight excluding hydrogens is 1070 g/mol. The first-order valence-corrected chi connectivity index (χ1v) is 28.3. The van der Waals surface area contributed by atoms with E-state index >= 15 is 0 Å². The Balaban J connectivity index is 2.63. The molecule has 29 N–H and O–H groups in total. The highest BCUT2D eigenvalue weighted by Gasteiger charge is 2.35. The van der Waals surface area contributed by atoms with Crippen LogP contribution in [0.2, 0.25) is 0 Å². The predicted molar refractivity (Wildman–Crippen MR) is 314 cm³/mol. The van der Waals surface area contributed by atoms with Gasteiger partial charge >= 0.3 is 0 Å². The van der Waals surface area contributed by atoms with Crippen molar-refractivity contribution in [3.8, 4) is 11.5 Å². The van der Waals surface area contributed by atoms with Gasteiger partial charge in [-0.25, -0.2) is 0 Å². The van der Waals surface area contributed by atoms with Crippen molar-refractivity contribution in [1.29, 1.82) is 10.8 Å². The molecule has 0 aliphatic rings. The van der Waals surface area contributed by atoms with Crippen LogP contribution in [0.3, 0.4) is 0 Å². The number of carbonyl (C=O) groups is 8. The Morgan fingerprint density at radius 2 is 0.639 bits per heavy atom. The molecule has 0 heterocycles. The second-order valence-electron chi connectivity index (χ2n) is 20.3. The molecule has 0 fully saturated rings. The average molecular weight is 1170 g/mol. The average Bonchev–Trinajstić information content (AvgIpc) is 3.50. The molecule has 8 amide bonds. The zero-order valence-corrected chi connectivity index (χ0v) is 47.5. The van der Waals surface area contributed by atoms with Crippen molar-refractivity contribution in [1.82, 2.24) is 47.9 Å².